The number of esters is 1. The maximum absolute atomic E-state index is 14.0. The number of hydrogen-bond donors (Lipinski definition) is 5. The normalized spacial score (nSPS) is 21.2. The minimum atomic E-state index is -1.30. The molecule has 2 aliphatic rings. The molecule has 3 rings (SSSR count). The van der Waals surface area contributed by atoms with Crippen LogP contribution in [0, 0.1) is 28.6 Å². The Labute approximate surface area is 291 Å². The molecule has 1 saturated heterocycles. The third-order valence-corrected chi connectivity index (χ3v) is 9.77. The molecule has 274 valence electrons. The molecule has 1 heterocycles. The summed E-state index contributed by atoms with van der Waals surface area (Å²) in [5.74, 6) is -2.82. The Morgan fingerprint density at radius 1 is 0.939 bits per heavy atom. The van der Waals surface area contributed by atoms with Gasteiger partial charge in [0, 0.05) is 6.54 Å². The molecule has 2 fully saturated rings. The summed E-state index contributed by atoms with van der Waals surface area (Å²) in [7, 11) is 0. The predicted molar refractivity (Wildman–Crippen MR) is 187 cm³/mol. The van der Waals surface area contributed by atoms with Gasteiger partial charge in [-0.25, -0.2) is 9.59 Å². The van der Waals surface area contributed by atoms with Gasteiger partial charge in [0.2, 0.25) is 11.7 Å². The number of nitrogens with two attached hydrogens (primary N) is 1. The maximum atomic E-state index is 14.0. The second kappa shape index (κ2) is 16.9. The fourth-order valence-electron chi connectivity index (χ4n) is 6.81. The molecule has 1 aromatic carbocycles. The Hall–Kier alpha value is -3.51. The number of hydrogen-bond acceptors (Lipinski definition) is 8. The van der Waals surface area contributed by atoms with Gasteiger partial charge in [-0.15, -0.1) is 0 Å². The summed E-state index contributed by atoms with van der Waals surface area (Å²) < 4.78 is 5.57. The van der Waals surface area contributed by atoms with E-state index in [0.29, 0.717) is 25.8 Å². The number of benzene rings is 1. The number of nitrogens with one attached hydrogen (secondary N) is 3. The van der Waals surface area contributed by atoms with Crippen molar-refractivity contribution in [1.29, 1.82) is 0 Å². The first kappa shape index (κ1) is 39.9. The van der Waals surface area contributed by atoms with Gasteiger partial charge in [0.25, 0.3) is 5.91 Å². The minimum absolute atomic E-state index is 0.0641. The lowest BCUT2D eigenvalue weighted by atomic mass is 9.80. The fourth-order valence-corrected chi connectivity index (χ4v) is 6.81. The zero-order chi connectivity index (χ0) is 36.7. The van der Waals surface area contributed by atoms with Crippen LogP contribution in [0.5, 0.6) is 0 Å². The summed E-state index contributed by atoms with van der Waals surface area (Å²) in [6, 6.07) is 4.94. The SMILES string of the molecule is CC(C)[C@H]1CCN(C(O)[C@@H](NC(=O)N[C@@H](CC(C)(C)C)C(=O)OCc2ccccc2)C(C)(C)C)[C@@H]1C(=O)NC(CC1CCC1)C(=O)C(N)=O. The smallest absolute Gasteiger partial charge is 0.329 e. The Bertz CT molecular complexity index is 1300. The third kappa shape index (κ3) is 11.5. The standard InChI is InChI=1S/C37H59N5O7/c1-22(2)25-17-18-42(28(25)32(45)39-26(29(43)31(38)44)19-23-15-12-16-23)33(46)30(37(6,7)8)41-35(48)40-27(20-36(3,4)5)34(47)49-21-24-13-10-9-11-14-24/h9-11,13-14,22-23,25-28,30,33,46H,12,15-21H2,1-8H3,(H2,38,44)(H,39,45)(H2,40,41,48)/t25-,26?,27+,28+,30-,33?/m1/s1. The Balaban J connectivity index is 1.80. The Morgan fingerprint density at radius 2 is 1.57 bits per heavy atom. The number of aliphatic hydroxyl groups is 1. The highest BCUT2D eigenvalue weighted by atomic mass is 16.5. The first-order chi connectivity index (χ1) is 22.8. The van der Waals surface area contributed by atoms with Crippen molar-refractivity contribution in [3.63, 3.8) is 0 Å². The number of carbonyl (C=O) groups excluding carboxylic acids is 5. The van der Waals surface area contributed by atoms with Crippen molar-refractivity contribution >= 4 is 29.6 Å². The molecule has 12 nitrogen and oxygen atoms in total. The number of carbonyl (C=O) groups is 5. The molecule has 0 radical (unpaired) electrons. The molecule has 4 amide bonds. The summed E-state index contributed by atoms with van der Waals surface area (Å²) in [6.45, 7) is 15.9. The van der Waals surface area contributed by atoms with Crippen LogP contribution in [0.25, 0.3) is 0 Å². The van der Waals surface area contributed by atoms with E-state index in [0.717, 1.165) is 24.8 Å². The van der Waals surface area contributed by atoms with Gasteiger partial charge in [-0.3, -0.25) is 19.3 Å². The van der Waals surface area contributed by atoms with E-state index in [4.69, 9.17) is 10.5 Å². The molecule has 49 heavy (non-hydrogen) atoms. The van der Waals surface area contributed by atoms with Crippen molar-refractivity contribution in [2.45, 2.75) is 131 Å². The van der Waals surface area contributed by atoms with Gasteiger partial charge in [-0.05, 0) is 53.4 Å². The van der Waals surface area contributed by atoms with Crippen molar-refractivity contribution in [3.8, 4) is 0 Å². The van der Waals surface area contributed by atoms with E-state index in [1.54, 1.807) is 4.90 Å². The molecule has 6 atom stereocenters. The van der Waals surface area contributed by atoms with Crippen molar-refractivity contribution < 1.29 is 33.8 Å². The Kier molecular flexibility index (Phi) is 13.8. The number of Topliss-reactive ketones (excluding diaryl/α,β-unsaturated/α-hetero) is 1. The molecule has 1 aliphatic carbocycles. The summed E-state index contributed by atoms with van der Waals surface area (Å²) in [4.78, 5) is 67.1. The lowest BCUT2D eigenvalue weighted by Crippen LogP contribution is -2.63. The van der Waals surface area contributed by atoms with Gasteiger partial charge < -0.3 is 31.5 Å². The largest absolute Gasteiger partial charge is 0.459 e. The number of likely N-dealkylation sites (tertiary alicyclic amines) is 1. The molecule has 1 aliphatic heterocycles. The average Bonchev–Trinajstić information content (AvgIpc) is 3.44. The van der Waals surface area contributed by atoms with Crippen LogP contribution in [-0.2, 0) is 30.5 Å². The van der Waals surface area contributed by atoms with Gasteiger partial charge in [-0.1, -0.05) is 105 Å². The van der Waals surface area contributed by atoms with Gasteiger partial charge in [-0.2, -0.15) is 0 Å². The first-order valence-corrected chi connectivity index (χ1v) is 17.6. The molecule has 1 saturated carbocycles. The van der Waals surface area contributed by atoms with E-state index in [2.05, 4.69) is 16.0 Å². The molecule has 0 aromatic heterocycles. The topological polar surface area (TPSA) is 180 Å². The van der Waals surface area contributed by atoms with Gasteiger partial charge in [0.15, 0.2) is 0 Å². The van der Waals surface area contributed by atoms with Crippen LogP contribution in [0.15, 0.2) is 30.3 Å². The molecule has 12 heteroatoms. The second-order valence-corrected chi connectivity index (χ2v) is 16.5. The van der Waals surface area contributed by atoms with E-state index in [1.165, 1.54) is 0 Å². The molecule has 1 aromatic rings. The summed E-state index contributed by atoms with van der Waals surface area (Å²) in [5.41, 5.74) is 5.17. The van der Waals surface area contributed by atoms with E-state index in [-0.39, 0.29) is 29.8 Å². The highest BCUT2D eigenvalue weighted by molar-refractivity contribution is 6.37. The number of aliphatic hydroxyl groups excluding tert-OH is 1. The molecular formula is C37H59N5O7. The number of ketones is 1. The predicted octanol–water partition coefficient (Wildman–Crippen LogP) is 3.64. The van der Waals surface area contributed by atoms with Crippen LogP contribution in [0.3, 0.4) is 0 Å². The number of ether oxygens (including phenoxy) is 1. The monoisotopic (exact) mass is 685 g/mol. The lowest BCUT2D eigenvalue weighted by Gasteiger charge is -2.42. The maximum Gasteiger partial charge on any atom is 0.329 e. The van der Waals surface area contributed by atoms with E-state index < -0.39 is 65.4 Å². The zero-order valence-corrected chi connectivity index (χ0v) is 30.6. The number of amides is 4. The number of nitrogens with zero attached hydrogens (tertiary/aromatic N) is 1. The number of rotatable bonds is 15. The molecule has 2 unspecified atom stereocenters. The van der Waals surface area contributed by atoms with Gasteiger partial charge >= 0.3 is 12.0 Å². The number of primary amides is 1. The van der Waals surface area contributed by atoms with E-state index in [1.807, 2.05) is 85.7 Å². The number of urea groups is 1. The van der Waals surface area contributed by atoms with Crippen LogP contribution in [0.2, 0.25) is 0 Å². The van der Waals surface area contributed by atoms with Crippen molar-refractivity contribution in [3.05, 3.63) is 35.9 Å². The van der Waals surface area contributed by atoms with Crippen molar-refractivity contribution in [1.82, 2.24) is 20.9 Å². The quantitative estimate of drug-likeness (QED) is 0.137. The highest BCUT2D eigenvalue weighted by Crippen LogP contribution is 2.36. The molecule has 0 spiro atoms. The Morgan fingerprint density at radius 3 is 2.08 bits per heavy atom. The van der Waals surface area contributed by atoms with E-state index in [9.17, 15) is 29.1 Å². The van der Waals surface area contributed by atoms with Crippen LogP contribution in [0.4, 0.5) is 4.79 Å². The fraction of sp³-hybridized carbons (Fsp3) is 0.703. The molecular weight excluding hydrogens is 626 g/mol. The van der Waals surface area contributed by atoms with Crippen LogP contribution in [-0.4, -0.2) is 76.5 Å². The van der Waals surface area contributed by atoms with Gasteiger partial charge in [0.1, 0.15) is 18.9 Å². The summed E-state index contributed by atoms with van der Waals surface area (Å²) in [5, 5.41) is 20.4. The van der Waals surface area contributed by atoms with E-state index >= 15 is 0 Å². The average molecular weight is 686 g/mol. The van der Waals surface area contributed by atoms with Crippen molar-refractivity contribution in [2.24, 2.45) is 34.3 Å². The summed E-state index contributed by atoms with van der Waals surface area (Å²) >= 11 is 0. The van der Waals surface area contributed by atoms with Crippen LogP contribution >= 0.6 is 0 Å². The van der Waals surface area contributed by atoms with Crippen LogP contribution in [0.1, 0.15) is 99.5 Å². The third-order valence-electron chi connectivity index (χ3n) is 9.77. The first-order valence-electron chi connectivity index (χ1n) is 17.6. The second-order valence-electron chi connectivity index (χ2n) is 16.5. The molecule has 0 bridgehead atoms. The summed E-state index contributed by atoms with van der Waals surface area (Å²) in [6.07, 6.45) is 2.84. The van der Waals surface area contributed by atoms with Crippen molar-refractivity contribution in [2.75, 3.05) is 6.54 Å². The highest BCUT2D eigenvalue weighted by Gasteiger charge is 2.48. The molecule has 6 N–H and O–H groups in total. The zero-order valence-electron chi connectivity index (χ0n) is 30.6. The minimum Gasteiger partial charge on any atom is -0.459 e. The van der Waals surface area contributed by atoms with Crippen LogP contribution < -0.4 is 21.7 Å². The van der Waals surface area contributed by atoms with Gasteiger partial charge in [0.05, 0.1) is 18.1 Å². The lowest BCUT2D eigenvalue weighted by molar-refractivity contribution is -0.148.